The van der Waals surface area contributed by atoms with Gasteiger partial charge in [0.15, 0.2) is 11.0 Å². The Labute approximate surface area is 217 Å². The van der Waals surface area contributed by atoms with Gasteiger partial charge in [-0.25, -0.2) is 0 Å². The number of hydrogen-bond acceptors (Lipinski definition) is 5. The Morgan fingerprint density at radius 3 is 2.22 bits per heavy atom. The van der Waals surface area contributed by atoms with Crippen LogP contribution in [-0.4, -0.2) is 26.4 Å². The van der Waals surface area contributed by atoms with Gasteiger partial charge in [0.25, 0.3) is 0 Å². The lowest BCUT2D eigenvalue weighted by molar-refractivity contribution is -0.113. The van der Waals surface area contributed by atoms with Crippen LogP contribution < -0.4 is 10.1 Å². The molecular weight excluding hydrogens is 468 g/mol. The summed E-state index contributed by atoms with van der Waals surface area (Å²) in [6.45, 7) is 10.8. The third kappa shape index (κ3) is 6.34. The molecule has 6 nitrogen and oxygen atoms in total. The molecule has 0 saturated heterocycles. The fraction of sp³-hybridized carbons (Fsp3) is 0.276. The average molecular weight is 501 g/mol. The van der Waals surface area contributed by atoms with Crippen molar-refractivity contribution < 1.29 is 9.53 Å². The second-order valence-corrected chi connectivity index (χ2v) is 10.7. The molecule has 0 saturated carbocycles. The van der Waals surface area contributed by atoms with Crippen molar-refractivity contribution in [2.75, 3.05) is 11.1 Å². The summed E-state index contributed by atoms with van der Waals surface area (Å²) in [5.41, 5.74) is 5.12. The van der Waals surface area contributed by atoms with E-state index in [0.717, 1.165) is 28.3 Å². The first-order valence-corrected chi connectivity index (χ1v) is 12.9. The number of thioether (sulfide) groups is 1. The van der Waals surface area contributed by atoms with Gasteiger partial charge in [-0.05, 0) is 55.2 Å². The van der Waals surface area contributed by atoms with Gasteiger partial charge in [-0.15, -0.1) is 10.2 Å². The van der Waals surface area contributed by atoms with Gasteiger partial charge < -0.3 is 10.1 Å². The maximum atomic E-state index is 12.9. The van der Waals surface area contributed by atoms with Gasteiger partial charge in [-0.3, -0.25) is 9.36 Å². The highest BCUT2D eigenvalue weighted by molar-refractivity contribution is 7.99. The highest BCUT2D eigenvalue weighted by Gasteiger charge is 2.20. The Morgan fingerprint density at radius 2 is 1.56 bits per heavy atom. The van der Waals surface area contributed by atoms with E-state index in [0.29, 0.717) is 11.0 Å². The molecule has 0 spiro atoms. The van der Waals surface area contributed by atoms with Crippen molar-refractivity contribution in [3.63, 3.8) is 0 Å². The van der Waals surface area contributed by atoms with Crippen LogP contribution in [0.5, 0.6) is 5.75 Å². The number of para-hydroxylation sites is 1. The van der Waals surface area contributed by atoms with E-state index in [4.69, 9.17) is 4.74 Å². The van der Waals surface area contributed by atoms with Gasteiger partial charge >= 0.3 is 0 Å². The molecule has 0 aliphatic rings. The Morgan fingerprint density at radius 1 is 0.917 bits per heavy atom. The predicted octanol–water partition coefficient (Wildman–Crippen LogP) is 6.49. The van der Waals surface area contributed by atoms with Crippen LogP contribution in [0.15, 0.2) is 78.0 Å². The molecule has 1 N–H and O–H groups in total. The number of anilines is 1. The van der Waals surface area contributed by atoms with E-state index in [1.54, 1.807) is 0 Å². The van der Waals surface area contributed by atoms with Crippen LogP contribution in [-0.2, 0) is 16.8 Å². The quantitative estimate of drug-likeness (QED) is 0.280. The molecule has 0 bridgehead atoms. The van der Waals surface area contributed by atoms with Crippen LogP contribution in [0.2, 0.25) is 0 Å². The van der Waals surface area contributed by atoms with E-state index < -0.39 is 0 Å². The third-order valence-corrected chi connectivity index (χ3v) is 6.65. The van der Waals surface area contributed by atoms with Crippen molar-refractivity contribution >= 4 is 23.4 Å². The fourth-order valence-electron chi connectivity index (χ4n) is 3.79. The van der Waals surface area contributed by atoms with Crippen LogP contribution in [0.25, 0.3) is 5.69 Å². The second kappa shape index (κ2) is 11.0. The lowest BCUT2D eigenvalue weighted by Gasteiger charge is -2.23. The van der Waals surface area contributed by atoms with Crippen molar-refractivity contribution in [2.45, 2.75) is 51.8 Å². The van der Waals surface area contributed by atoms with Crippen molar-refractivity contribution in [1.29, 1.82) is 0 Å². The van der Waals surface area contributed by atoms with Crippen LogP contribution in [0.1, 0.15) is 43.3 Å². The maximum absolute atomic E-state index is 12.9. The molecule has 0 atom stereocenters. The zero-order chi connectivity index (χ0) is 25.7. The lowest BCUT2D eigenvalue weighted by Crippen LogP contribution is -2.20. The molecular formula is C29H32N4O2S. The number of hydrogen-bond donors (Lipinski definition) is 1. The standard InChI is InChI=1S/C29H32N4O2S/c1-20-10-14-22(15-11-20)33-26(18-35-23-16-12-21(2)13-17-23)31-32-28(33)36-19-27(34)30-25-9-7-6-8-24(25)29(3,4)5/h6-17H,18-19H2,1-5H3,(H,30,34). The highest BCUT2D eigenvalue weighted by atomic mass is 32.2. The van der Waals surface area contributed by atoms with Gasteiger partial charge in [-0.1, -0.05) is 86.1 Å². The topological polar surface area (TPSA) is 69.0 Å². The molecule has 4 aromatic rings. The van der Waals surface area contributed by atoms with E-state index in [1.807, 2.05) is 85.1 Å². The zero-order valence-corrected chi connectivity index (χ0v) is 22.2. The molecule has 0 aliphatic heterocycles. The Kier molecular flexibility index (Phi) is 7.79. The highest BCUT2D eigenvalue weighted by Crippen LogP contribution is 2.30. The van der Waals surface area contributed by atoms with Crippen LogP contribution in [0, 0.1) is 13.8 Å². The summed E-state index contributed by atoms with van der Waals surface area (Å²) in [4.78, 5) is 12.9. The van der Waals surface area contributed by atoms with Gasteiger partial charge in [0, 0.05) is 11.4 Å². The summed E-state index contributed by atoms with van der Waals surface area (Å²) < 4.78 is 7.94. The number of nitrogens with one attached hydrogen (secondary N) is 1. The van der Waals surface area contributed by atoms with Crippen molar-refractivity contribution in [3.05, 3.63) is 95.3 Å². The molecule has 0 aliphatic carbocycles. The molecule has 4 rings (SSSR count). The van der Waals surface area contributed by atoms with Crippen LogP contribution in [0.3, 0.4) is 0 Å². The van der Waals surface area contributed by atoms with Gasteiger partial charge in [0.2, 0.25) is 5.91 Å². The number of ether oxygens (including phenoxy) is 1. The first kappa shape index (κ1) is 25.5. The SMILES string of the molecule is Cc1ccc(OCc2nnc(SCC(=O)Nc3ccccc3C(C)(C)C)n2-c2ccc(C)cc2)cc1. The minimum Gasteiger partial charge on any atom is -0.486 e. The van der Waals surface area contributed by atoms with Gasteiger partial charge in [0.05, 0.1) is 5.75 Å². The summed E-state index contributed by atoms with van der Waals surface area (Å²) in [5.74, 6) is 1.56. The molecule has 0 radical (unpaired) electrons. The van der Waals surface area contributed by atoms with E-state index in [1.165, 1.54) is 17.3 Å². The van der Waals surface area contributed by atoms with E-state index in [2.05, 4.69) is 42.4 Å². The van der Waals surface area contributed by atoms with Gasteiger partial charge in [0.1, 0.15) is 12.4 Å². The van der Waals surface area contributed by atoms with E-state index in [-0.39, 0.29) is 23.7 Å². The zero-order valence-electron chi connectivity index (χ0n) is 21.4. The summed E-state index contributed by atoms with van der Waals surface area (Å²) in [6.07, 6.45) is 0. The lowest BCUT2D eigenvalue weighted by atomic mass is 9.86. The minimum atomic E-state index is -0.0902. The van der Waals surface area contributed by atoms with E-state index in [9.17, 15) is 4.79 Å². The number of benzene rings is 3. The second-order valence-electron chi connectivity index (χ2n) is 9.80. The molecule has 3 aromatic carbocycles. The molecule has 1 aromatic heterocycles. The number of nitrogens with zero attached hydrogens (tertiary/aromatic N) is 3. The Hall–Kier alpha value is -3.58. The minimum absolute atomic E-state index is 0.0744. The first-order chi connectivity index (χ1) is 17.2. The first-order valence-electron chi connectivity index (χ1n) is 11.9. The molecule has 36 heavy (non-hydrogen) atoms. The average Bonchev–Trinajstić information content (AvgIpc) is 3.25. The largest absolute Gasteiger partial charge is 0.486 e. The maximum Gasteiger partial charge on any atom is 0.234 e. The van der Waals surface area contributed by atoms with Crippen molar-refractivity contribution in [1.82, 2.24) is 14.8 Å². The third-order valence-electron chi connectivity index (χ3n) is 5.72. The summed E-state index contributed by atoms with van der Waals surface area (Å²) in [6, 6.07) is 24.0. The Bertz CT molecular complexity index is 1320. The number of aromatic nitrogens is 3. The number of carbonyl (C=O) groups excluding carboxylic acids is 1. The number of carbonyl (C=O) groups is 1. The van der Waals surface area contributed by atoms with Crippen LogP contribution in [0.4, 0.5) is 5.69 Å². The summed E-state index contributed by atoms with van der Waals surface area (Å²) in [7, 11) is 0. The normalized spacial score (nSPS) is 11.4. The Balaban J connectivity index is 1.52. The van der Waals surface area contributed by atoms with Crippen molar-refractivity contribution in [2.24, 2.45) is 0 Å². The van der Waals surface area contributed by atoms with Gasteiger partial charge in [-0.2, -0.15) is 0 Å². The van der Waals surface area contributed by atoms with Crippen LogP contribution >= 0.6 is 11.8 Å². The molecule has 7 heteroatoms. The summed E-state index contributed by atoms with van der Waals surface area (Å²) in [5, 5.41) is 12.5. The molecule has 1 heterocycles. The predicted molar refractivity (Wildman–Crippen MR) is 146 cm³/mol. The van der Waals surface area contributed by atoms with Crippen molar-refractivity contribution in [3.8, 4) is 11.4 Å². The fourth-order valence-corrected chi connectivity index (χ4v) is 4.56. The smallest absolute Gasteiger partial charge is 0.234 e. The molecule has 1 amide bonds. The monoisotopic (exact) mass is 500 g/mol. The molecule has 0 unspecified atom stereocenters. The summed E-state index contributed by atoms with van der Waals surface area (Å²) >= 11 is 1.35. The molecule has 0 fully saturated rings. The number of amides is 1. The number of aryl methyl sites for hydroxylation is 2. The number of rotatable bonds is 8. The van der Waals surface area contributed by atoms with E-state index >= 15 is 0 Å². The molecule has 186 valence electrons.